The number of nitrogens with zero attached hydrogens (tertiary/aromatic N) is 2. The van der Waals surface area contributed by atoms with E-state index in [-0.39, 0.29) is 21.1 Å². The van der Waals surface area contributed by atoms with Crippen molar-refractivity contribution in [2.24, 2.45) is 0 Å². The molecule has 2 heterocycles. The normalized spacial score (nSPS) is 9.49. The molecule has 3 aromatic carbocycles. The van der Waals surface area contributed by atoms with Gasteiger partial charge in [-0.15, -0.1) is 0 Å². The van der Waals surface area contributed by atoms with E-state index in [9.17, 15) is 0 Å². The van der Waals surface area contributed by atoms with Gasteiger partial charge >= 0.3 is 21.1 Å². The largest absolute Gasteiger partial charge is 2.00 e. The summed E-state index contributed by atoms with van der Waals surface area (Å²) in [7, 11) is 0. The summed E-state index contributed by atoms with van der Waals surface area (Å²) < 4.78 is 0. The van der Waals surface area contributed by atoms with E-state index in [4.69, 9.17) is 25.3 Å². The molecule has 0 spiro atoms. The van der Waals surface area contributed by atoms with Crippen LogP contribution in [0.4, 0.5) is 0 Å². The maximum atomic E-state index is 4.85. The predicted molar refractivity (Wildman–Crippen MR) is 144 cm³/mol. The molecule has 0 atom stereocenters. The zero-order chi connectivity index (χ0) is 23.6. The van der Waals surface area contributed by atoms with Crippen molar-refractivity contribution in [2.75, 3.05) is 0 Å². The van der Waals surface area contributed by atoms with Gasteiger partial charge in [0.1, 0.15) is 0 Å². The summed E-state index contributed by atoms with van der Waals surface area (Å²) in [6.45, 7) is 0. The van der Waals surface area contributed by atoms with E-state index in [0.717, 1.165) is 55.6 Å². The molecule has 5 rings (SSSR count). The van der Waals surface area contributed by atoms with Gasteiger partial charge in [-0.05, 0) is 24.3 Å². The smallest absolute Gasteiger partial charge is 0.781 e. The molecule has 5 heteroatoms. The fourth-order valence-electron chi connectivity index (χ4n) is 3.18. The standard InChI is InChI=1S/C24H16N2.C6H6S2.Pt/c1(3-9-19-15-21-11-5-7-13-23(21)25-17-19)2-4-10-20-16-22-12-6-8-14-24(22)26-18-20;7-5-3-1-2-4-6(5)8;/h5-8,11-18H,1-2H2;1-4,7-8H;/q;;+2/p-2. The van der Waals surface area contributed by atoms with Crippen molar-refractivity contribution >= 4 is 47.1 Å². The van der Waals surface area contributed by atoms with E-state index in [2.05, 4.69) is 57.9 Å². The second kappa shape index (κ2) is 13.6. The van der Waals surface area contributed by atoms with E-state index in [0.29, 0.717) is 0 Å². The molecule has 0 unspecified atom stereocenters. The first kappa shape index (κ1) is 26.3. The Morgan fingerprint density at radius 3 is 1.40 bits per heavy atom. The third kappa shape index (κ3) is 7.88. The van der Waals surface area contributed by atoms with Crippen LogP contribution in [0.2, 0.25) is 0 Å². The van der Waals surface area contributed by atoms with Gasteiger partial charge in [-0.25, -0.2) is 0 Å². The number of pyridine rings is 2. The number of rotatable bonds is 1. The number of hydrogen-bond donors (Lipinski definition) is 0. The summed E-state index contributed by atoms with van der Waals surface area (Å²) in [6, 6.07) is 27.7. The van der Waals surface area contributed by atoms with Crippen LogP contribution in [0.1, 0.15) is 24.0 Å². The predicted octanol–water partition coefficient (Wildman–Crippen LogP) is 6.46. The van der Waals surface area contributed by atoms with Crippen LogP contribution in [0.15, 0.2) is 107 Å². The van der Waals surface area contributed by atoms with E-state index >= 15 is 0 Å². The Morgan fingerprint density at radius 2 is 0.971 bits per heavy atom. The van der Waals surface area contributed by atoms with Crippen LogP contribution in [-0.4, -0.2) is 9.97 Å². The van der Waals surface area contributed by atoms with Gasteiger partial charge in [-0.1, -0.05) is 84.3 Å². The topological polar surface area (TPSA) is 25.8 Å². The van der Waals surface area contributed by atoms with Crippen LogP contribution in [0.3, 0.4) is 0 Å². The molecule has 0 bridgehead atoms. The molecule has 5 aromatic rings. The maximum absolute atomic E-state index is 4.85. The van der Waals surface area contributed by atoms with Gasteiger partial charge in [0.2, 0.25) is 0 Å². The molecular weight excluding hydrogens is 648 g/mol. The van der Waals surface area contributed by atoms with Gasteiger partial charge < -0.3 is 25.3 Å². The molecule has 0 aliphatic rings. The van der Waals surface area contributed by atoms with Crippen LogP contribution in [0.5, 0.6) is 0 Å². The minimum absolute atomic E-state index is 0. The van der Waals surface area contributed by atoms with Crippen LogP contribution in [0, 0.1) is 23.7 Å². The van der Waals surface area contributed by atoms with Crippen molar-refractivity contribution in [3.63, 3.8) is 0 Å². The SMILES string of the molecule is C(#Cc1cnc2ccccc2c1)CCC#Cc1cnc2ccccc2c1.[Pt+2].[S-]c1ccccc1[S-]. The first-order valence-corrected chi connectivity index (χ1v) is 11.6. The molecule has 2 nitrogen and oxygen atoms in total. The van der Waals surface area contributed by atoms with Crippen molar-refractivity contribution in [1.82, 2.24) is 9.97 Å². The summed E-state index contributed by atoms with van der Waals surface area (Å²) >= 11 is 9.70. The van der Waals surface area contributed by atoms with Gasteiger partial charge in [0.25, 0.3) is 0 Å². The minimum Gasteiger partial charge on any atom is -0.781 e. The Balaban J connectivity index is 0.000000325. The first-order chi connectivity index (χ1) is 16.7. The first-order valence-electron chi connectivity index (χ1n) is 10.8. The number of fused-ring (bicyclic) bond motifs is 2. The van der Waals surface area contributed by atoms with Crippen molar-refractivity contribution in [1.29, 1.82) is 0 Å². The summed E-state index contributed by atoms with van der Waals surface area (Å²) in [5, 5.41) is 2.23. The molecule has 0 saturated carbocycles. The average molecular weight is 668 g/mol. The quantitative estimate of drug-likeness (QED) is 0.117. The summed E-state index contributed by atoms with van der Waals surface area (Å²) in [6.07, 6.45) is 5.12. The van der Waals surface area contributed by atoms with Gasteiger partial charge in [0.05, 0.1) is 11.0 Å². The molecular formula is C30H20N2PtS2. The fourth-order valence-corrected chi connectivity index (χ4v) is 3.48. The molecule has 2 aromatic heterocycles. The van der Waals surface area contributed by atoms with Crippen LogP contribution < -0.4 is 0 Å². The second-order valence-electron chi connectivity index (χ2n) is 7.38. The minimum atomic E-state index is 0. The number of hydrogen-bond acceptors (Lipinski definition) is 4. The van der Waals surface area contributed by atoms with Crippen LogP contribution >= 0.6 is 0 Å². The monoisotopic (exact) mass is 667 g/mol. The Morgan fingerprint density at radius 1 is 0.571 bits per heavy atom. The van der Waals surface area contributed by atoms with E-state index in [1.54, 1.807) is 0 Å². The zero-order valence-electron chi connectivity index (χ0n) is 18.7. The molecule has 0 aliphatic heterocycles. The third-order valence-electron chi connectivity index (χ3n) is 4.87. The Bertz CT molecular complexity index is 1440. The number of unbranched alkanes of at least 4 members (excludes halogenated alkanes) is 1. The average Bonchev–Trinajstić information content (AvgIpc) is 2.88. The fraction of sp³-hybridized carbons (Fsp3) is 0.0667. The Kier molecular flexibility index (Phi) is 10.2. The molecule has 35 heavy (non-hydrogen) atoms. The number of benzene rings is 3. The zero-order valence-corrected chi connectivity index (χ0v) is 22.6. The van der Waals surface area contributed by atoms with Gasteiger partial charge in [0, 0.05) is 47.1 Å². The van der Waals surface area contributed by atoms with E-state index < -0.39 is 0 Å². The summed E-state index contributed by atoms with van der Waals surface area (Å²) in [5.74, 6) is 12.7. The number of para-hydroxylation sites is 2. The Labute approximate surface area is 231 Å². The van der Waals surface area contributed by atoms with Crippen molar-refractivity contribution < 1.29 is 21.1 Å². The van der Waals surface area contributed by atoms with Crippen molar-refractivity contribution in [2.45, 2.75) is 22.6 Å². The van der Waals surface area contributed by atoms with Gasteiger partial charge in [0.15, 0.2) is 0 Å². The van der Waals surface area contributed by atoms with Crippen molar-refractivity contribution in [3.05, 3.63) is 108 Å². The summed E-state index contributed by atoms with van der Waals surface area (Å²) in [4.78, 5) is 10.4. The molecule has 0 fully saturated rings. The maximum Gasteiger partial charge on any atom is 2.00 e. The molecule has 0 amide bonds. The molecule has 172 valence electrons. The molecule has 0 radical (unpaired) electrons. The number of aromatic nitrogens is 2. The van der Waals surface area contributed by atoms with Crippen LogP contribution in [0.25, 0.3) is 21.8 Å². The summed E-state index contributed by atoms with van der Waals surface area (Å²) in [5.41, 5.74) is 3.87. The molecule has 0 aliphatic carbocycles. The van der Waals surface area contributed by atoms with E-state index in [1.165, 1.54) is 0 Å². The second-order valence-corrected chi connectivity index (χ2v) is 8.26. The third-order valence-corrected chi connectivity index (χ3v) is 5.71. The van der Waals surface area contributed by atoms with Gasteiger partial charge in [-0.3, -0.25) is 9.97 Å². The molecule has 0 saturated heterocycles. The Hall–Kier alpha value is -3.27. The van der Waals surface area contributed by atoms with Crippen molar-refractivity contribution in [3.8, 4) is 23.7 Å². The van der Waals surface area contributed by atoms with Gasteiger partial charge in [-0.2, -0.15) is 9.79 Å². The van der Waals surface area contributed by atoms with E-state index in [1.807, 2.05) is 73.1 Å². The van der Waals surface area contributed by atoms with Crippen LogP contribution in [-0.2, 0) is 46.3 Å². The molecule has 0 N–H and O–H groups in total.